The van der Waals surface area contributed by atoms with E-state index in [1.165, 1.54) is 11.1 Å². The molecule has 0 N–H and O–H groups in total. The van der Waals surface area contributed by atoms with E-state index in [1.54, 1.807) is 0 Å². The van der Waals surface area contributed by atoms with Crippen LogP contribution in [0, 0.1) is 11.8 Å². The fourth-order valence-electron chi connectivity index (χ4n) is 1.71. The molecule has 0 aromatic heterocycles. The summed E-state index contributed by atoms with van der Waals surface area (Å²) in [5, 5.41) is 0. The fraction of sp³-hybridized carbons (Fsp3) is 0.111. The molecule has 0 unspecified atom stereocenters. The lowest BCUT2D eigenvalue weighted by molar-refractivity contribution is 1.42. The van der Waals surface area contributed by atoms with Gasteiger partial charge in [0.05, 0.1) is 0 Å². The van der Waals surface area contributed by atoms with Gasteiger partial charge in [-0.15, -0.1) is 0 Å². The zero-order chi connectivity index (χ0) is 12.8. The first-order valence-corrected chi connectivity index (χ1v) is 6.07. The van der Waals surface area contributed by atoms with Crippen molar-refractivity contribution in [1.82, 2.24) is 0 Å². The molecular weight excluding hydrogens is 216 g/mol. The minimum absolute atomic E-state index is 1.05. The average molecular weight is 232 g/mol. The highest BCUT2D eigenvalue weighted by molar-refractivity contribution is 5.61. The van der Waals surface area contributed by atoms with Gasteiger partial charge >= 0.3 is 0 Å². The summed E-state index contributed by atoms with van der Waals surface area (Å²) in [5.41, 5.74) is 4.58. The van der Waals surface area contributed by atoms with Crippen LogP contribution in [0.5, 0.6) is 0 Å². The number of rotatable bonds is 1. The van der Waals surface area contributed by atoms with Crippen molar-refractivity contribution in [3.05, 3.63) is 76.9 Å². The second-order valence-corrected chi connectivity index (χ2v) is 4.42. The Bertz CT molecular complexity index is 603. The van der Waals surface area contributed by atoms with Crippen LogP contribution in [0.25, 0.3) is 6.08 Å². The molecule has 2 rings (SSSR count). The molecule has 0 saturated heterocycles. The molecule has 0 amide bonds. The summed E-state index contributed by atoms with van der Waals surface area (Å²) in [5.74, 6) is 6.44. The van der Waals surface area contributed by atoms with Gasteiger partial charge in [0, 0.05) is 11.1 Å². The molecule has 0 aliphatic rings. The zero-order valence-electron chi connectivity index (χ0n) is 10.8. The standard InChI is InChI=1S/C18H16/c1-15(2)14-18-11-7-6-10-17(18)13-12-16-8-4-3-5-9-16/h3-11,14H,1-2H3. The summed E-state index contributed by atoms with van der Waals surface area (Å²) < 4.78 is 0. The van der Waals surface area contributed by atoms with Gasteiger partial charge in [0.2, 0.25) is 0 Å². The molecule has 0 heteroatoms. The summed E-state index contributed by atoms with van der Waals surface area (Å²) in [4.78, 5) is 0. The number of hydrogen-bond donors (Lipinski definition) is 0. The van der Waals surface area contributed by atoms with Gasteiger partial charge in [-0.3, -0.25) is 0 Å². The molecule has 0 spiro atoms. The molecular formula is C18H16. The van der Waals surface area contributed by atoms with Crippen molar-refractivity contribution in [3.8, 4) is 11.8 Å². The molecule has 0 heterocycles. The minimum Gasteiger partial charge on any atom is -0.0758 e. The predicted molar refractivity (Wildman–Crippen MR) is 78.2 cm³/mol. The minimum atomic E-state index is 1.05. The van der Waals surface area contributed by atoms with Crippen LogP contribution < -0.4 is 0 Å². The van der Waals surface area contributed by atoms with E-state index < -0.39 is 0 Å². The maximum Gasteiger partial charge on any atom is 0.0321 e. The molecule has 88 valence electrons. The molecule has 0 aliphatic carbocycles. The Morgan fingerprint density at radius 3 is 2.22 bits per heavy atom. The third-order valence-electron chi connectivity index (χ3n) is 2.52. The summed E-state index contributed by atoms with van der Waals surface area (Å²) in [6.07, 6.45) is 2.16. The van der Waals surface area contributed by atoms with E-state index in [9.17, 15) is 0 Å². The SMILES string of the molecule is CC(C)=Cc1ccccc1C#Cc1ccccc1. The Labute approximate surface area is 109 Å². The van der Waals surface area contributed by atoms with Crippen LogP contribution in [0.15, 0.2) is 60.2 Å². The van der Waals surface area contributed by atoms with E-state index in [0.29, 0.717) is 0 Å². The van der Waals surface area contributed by atoms with Crippen LogP contribution in [-0.2, 0) is 0 Å². The predicted octanol–water partition coefficient (Wildman–Crippen LogP) is 4.51. The zero-order valence-corrected chi connectivity index (χ0v) is 10.8. The Morgan fingerprint density at radius 2 is 1.50 bits per heavy atom. The number of allylic oxidation sites excluding steroid dienone is 1. The van der Waals surface area contributed by atoms with Gasteiger partial charge in [-0.25, -0.2) is 0 Å². The van der Waals surface area contributed by atoms with Gasteiger partial charge in [-0.2, -0.15) is 0 Å². The van der Waals surface area contributed by atoms with Crippen molar-refractivity contribution in [1.29, 1.82) is 0 Å². The van der Waals surface area contributed by atoms with Crippen LogP contribution in [0.4, 0.5) is 0 Å². The molecule has 0 atom stereocenters. The maximum absolute atomic E-state index is 3.24. The lowest BCUT2D eigenvalue weighted by Crippen LogP contribution is -1.82. The van der Waals surface area contributed by atoms with Crippen molar-refractivity contribution in [3.63, 3.8) is 0 Å². The number of hydrogen-bond acceptors (Lipinski definition) is 0. The van der Waals surface area contributed by atoms with E-state index in [-0.39, 0.29) is 0 Å². The normalized spacial score (nSPS) is 9.22. The first-order valence-electron chi connectivity index (χ1n) is 6.07. The molecule has 0 fully saturated rings. The van der Waals surface area contributed by atoms with Crippen molar-refractivity contribution in [2.75, 3.05) is 0 Å². The third-order valence-corrected chi connectivity index (χ3v) is 2.52. The second kappa shape index (κ2) is 5.89. The second-order valence-electron chi connectivity index (χ2n) is 4.42. The van der Waals surface area contributed by atoms with Crippen molar-refractivity contribution >= 4 is 6.08 Å². The average Bonchev–Trinajstić information content (AvgIpc) is 2.38. The molecule has 0 bridgehead atoms. The largest absolute Gasteiger partial charge is 0.0758 e. The highest BCUT2D eigenvalue weighted by atomic mass is 14.0. The molecule has 18 heavy (non-hydrogen) atoms. The van der Waals surface area contributed by atoms with E-state index in [1.807, 2.05) is 42.5 Å². The van der Waals surface area contributed by atoms with Crippen molar-refractivity contribution in [2.45, 2.75) is 13.8 Å². The van der Waals surface area contributed by atoms with Crippen molar-refractivity contribution < 1.29 is 0 Å². The molecule has 2 aromatic carbocycles. The third kappa shape index (κ3) is 3.37. The summed E-state index contributed by atoms with van der Waals surface area (Å²) in [6.45, 7) is 4.20. The van der Waals surface area contributed by atoms with Gasteiger partial charge in [0.1, 0.15) is 0 Å². The maximum atomic E-state index is 3.24. The van der Waals surface area contributed by atoms with Gasteiger partial charge in [0.25, 0.3) is 0 Å². The van der Waals surface area contributed by atoms with Crippen LogP contribution in [0.2, 0.25) is 0 Å². The fourth-order valence-corrected chi connectivity index (χ4v) is 1.71. The van der Waals surface area contributed by atoms with Crippen LogP contribution in [0.3, 0.4) is 0 Å². The first kappa shape index (κ1) is 12.2. The summed E-state index contributed by atoms with van der Waals surface area (Å²) >= 11 is 0. The van der Waals surface area contributed by atoms with Crippen molar-refractivity contribution in [2.24, 2.45) is 0 Å². The van der Waals surface area contributed by atoms with Gasteiger partial charge in [-0.1, -0.05) is 59.9 Å². The summed E-state index contributed by atoms with van der Waals surface area (Å²) in [7, 11) is 0. The van der Waals surface area contributed by atoms with E-state index in [2.05, 4.69) is 43.9 Å². The Hall–Kier alpha value is -2.26. The molecule has 0 nitrogen and oxygen atoms in total. The monoisotopic (exact) mass is 232 g/mol. The topological polar surface area (TPSA) is 0 Å². The Kier molecular flexibility index (Phi) is 3.99. The lowest BCUT2D eigenvalue weighted by atomic mass is 10.1. The van der Waals surface area contributed by atoms with Gasteiger partial charge < -0.3 is 0 Å². The lowest BCUT2D eigenvalue weighted by Gasteiger charge is -1.99. The van der Waals surface area contributed by atoms with Gasteiger partial charge in [0.15, 0.2) is 0 Å². The highest BCUT2D eigenvalue weighted by Gasteiger charge is 1.94. The van der Waals surface area contributed by atoms with Crippen LogP contribution in [-0.4, -0.2) is 0 Å². The van der Waals surface area contributed by atoms with E-state index >= 15 is 0 Å². The quantitative estimate of drug-likeness (QED) is 0.635. The smallest absolute Gasteiger partial charge is 0.0321 e. The highest BCUT2D eigenvalue weighted by Crippen LogP contribution is 2.12. The number of benzene rings is 2. The van der Waals surface area contributed by atoms with Gasteiger partial charge in [-0.05, 0) is 37.6 Å². The Morgan fingerprint density at radius 1 is 0.833 bits per heavy atom. The summed E-state index contributed by atoms with van der Waals surface area (Å²) in [6, 6.07) is 18.3. The molecule has 0 saturated carbocycles. The first-order chi connectivity index (χ1) is 8.75. The van der Waals surface area contributed by atoms with Crippen LogP contribution in [0.1, 0.15) is 30.5 Å². The molecule has 0 aliphatic heterocycles. The van der Waals surface area contributed by atoms with E-state index in [4.69, 9.17) is 0 Å². The molecule has 0 radical (unpaired) electrons. The molecule has 2 aromatic rings. The van der Waals surface area contributed by atoms with Crippen LogP contribution >= 0.6 is 0 Å². The van der Waals surface area contributed by atoms with E-state index in [0.717, 1.165) is 11.1 Å². The Balaban J connectivity index is 2.36.